The zero-order valence-electron chi connectivity index (χ0n) is 43.6. The number of Topliss-reactive ketones (excluding diaryl/α,β-unsaturated/α-hetero) is 3. The molecule has 0 saturated carbocycles. The van der Waals surface area contributed by atoms with E-state index >= 15 is 0 Å². The number of nitrogens with zero attached hydrogens (tertiary/aromatic N) is 2. The van der Waals surface area contributed by atoms with Crippen molar-refractivity contribution >= 4 is 75.9 Å². The molecule has 394 valence electrons. The number of rotatable bonds is 15. The fourth-order valence-corrected chi connectivity index (χ4v) is 8.16. The van der Waals surface area contributed by atoms with Crippen LogP contribution in [0.5, 0.6) is 17.2 Å². The third-order valence-corrected chi connectivity index (χ3v) is 13.1. The molecule has 0 radical (unpaired) electrons. The number of hydrogen-bond acceptors (Lipinski definition) is 14. The van der Waals surface area contributed by atoms with Crippen LogP contribution in [0.3, 0.4) is 0 Å². The second-order valence-electron chi connectivity index (χ2n) is 18.2. The lowest BCUT2D eigenvalue weighted by Crippen LogP contribution is -2.31. The second kappa shape index (κ2) is 23.6. The minimum Gasteiger partial charge on any atom is -0.423 e. The second-order valence-corrected chi connectivity index (χ2v) is 18.2. The monoisotopic (exact) mass is 1060 g/mol. The first-order valence-electron chi connectivity index (χ1n) is 24.6. The number of ether oxygens (including phenoxy) is 3. The third-order valence-electron chi connectivity index (χ3n) is 13.1. The van der Waals surface area contributed by atoms with Gasteiger partial charge < -0.3 is 19.5 Å². The van der Waals surface area contributed by atoms with Crippen LogP contribution in [0.15, 0.2) is 192 Å². The highest BCUT2D eigenvalue weighted by molar-refractivity contribution is 6.33. The van der Waals surface area contributed by atoms with E-state index in [0.717, 1.165) is 26.6 Å². The molecule has 4 amide bonds. The smallest absolute Gasteiger partial charge is 0.343 e. The first-order valence-corrected chi connectivity index (χ1v) is 24.6. The number of carbonyl (C=O) groups is 10. The molecule has 7 aromatic rings. The largest absolute Gasteiger partial charge is 0.423 e. The zero-order valence-corrected chi connectivity index (χ0v) is 43.6. The van der Waals surface area contributed by atoms with Gasteiger partial charge in [0.25, 0.3) is 23.6 Å². The Kier molecular flexibility index (Phi) is 16.4. The average molecular weight is 1060 g/mol. The van der Waals surface area contributed by atoms with Gasteiger partial charge in [-0.3, -0.25) is 33.6 Å². The van der Waals surface area contributed by atoms with Gasteiger partial charge in [0.15, 0.2) is 17.3 Å². The average Bonchev–Trinajstić information content (AvgIpc) is 3.84. The van der Waals surface area contributed by atoms with Crippen LogP contribution in [0.1, 0.15) is 103 Å². The number of anilines is 3. The molecule has 79 heavy (non-hydrogen) atoms. The van der Waals surface area contributed by atoms with Crippen LogP contribution < -0.4 is 29.3 Å². The topological polar surface area (TPSA) is 217 Å². The lowest BCUT2D eigenvalue weighted by molar-refractivity contribution is -0.122. The molecule has 0 spiro atoms. The summed E-state index contributed by atoms with van der Waals surface area (Å²) in [5, 5.41) is 2.97. The molecule has 0 unspecified atom stereocenters. The van der Waals surface area contributed by atoms with Crippen LogP contribution in [0.25, 0.3) is 11.1 Å². The predicted molar refractivity (Wildman–Crippen MR) is 294 cm³/mol. The summed E-state index contributed by atoms with van der Waals surface area (Å²) in [6.07, 6.45) is -0.412. The van der Waals surface area contributed by atoms with Crippen molar-refractivity contribution in [2.45, 2.75) is 41.0 Å². The zero-order chi connectivity index (χ0) is 56.7. The van der Waals surface area contributed by atoms with Crippen LogP contribution in [0.4, 0.5) is 17.1 Å². The maximum absolute atomic E-state index is 12.8. The number of hydrogen-bond donors (Lipinski definition) is 1. The van der Waals surface area contributed by atoms with Crippen molar-refractivity contribution in [1.29, 1.82) is 0 Å². The first-order chi connectivity index (χ1) is 37.8. The maximum atomic E-state index is 12.8. The summed E-state index contributed by atoms with van der Waals surface area (Å²) in [6.45, 7) is 7.84. The number of imide groups is 2. The van der Waals surface area contributed by atoms with E-state index in [1.807, 2.05) is 0 Å². The molecule has 7 aromatic carbocycles. The Morgan fingerprint density at radius 3 is 1.11 bits per heavy atom. The van der Waals surface area contributed by atoms with Crippen LogP contribution in [0, 0.1) is 0 Å². The number of esters is 3. The molecule has 0 aromatic heterocycles. The van der Waals surface area contributed by atoms with Gasteiger partial charge in [0.1, 0.15) is 17.2 Å². The van der Waals surface area contributed by atoms with E-state index in [-0.39, 0.29) is 45.4 Å². The minimum absolute atomic E-state index is 0.137. The van der Waals surface area contributed by atoms with Gasteiger partial charge in [0, 0.05) is 51.7 Å². The van der Waals surface area contributed by atoms with Gasteiger partial charge in [-0.15, -0.1) is 0 Å². The minimum atomic E-state index is -0.625. The molecule has 16 nitrogen and oxygen atoms in total. The fourth-order valence-electron chi connectivity index (χ4n) is 8.16. The number of nitrogens with one attached hydrogen (secondary N) is 1. The van der Waals surface area contributed by atoms with Crippen molar-refractivity contribution < 1.29 is 62.2 Å². The number of ketones is 3. The van der Waals surface area contributed by atoms with Gasteiger partial charge in [0.05, 0.1) is 34.5 Å². The van der Waals surface area contributed by atoms with Crippen molar-refractivity contribution in [2.24, 2.45) is 0 Å². The van der Waals surface area contributed by atoms with Gasteiger partial charge >= 0.3 is 17.9 Å². The predicted octanol–water partition coefficient (Wildman–Crippen LogP) is 10.8. The van der Waals surface area contributed by atoms with Crippen LogP contribution >= 0.6 is 0 Å². The Hall–Kier alpha value is -10.5. The Bertz CT molecular complexity index is 3660. The molecule has 9 rings (SSSR count). The van der Waals surface area contributed by atoms with Gasteiger partial charge in [-0.05, 0) is 167 Å². The number of amides is 4. The lowest BCUT2D eigenvalue weighted by Gasteiger charge is -2.15. The van der Waals surface area contributed by atoms with Crippen molar-refractivity contribution in [3.63, 3.8) is 0 Å². The van der Waals surface area contributed by atoms with E-state index in [9.17, 15) is 47.9 Å². The summed E-state index contributed by atoms with van der Waals surface area (Å²) in [7, 11) is 1.78. The third kappa shape index (κ3) is 12.3. The first kappa shape index (κ1) is 54.8. The Labute approximate surface area is 453 Å². The molecular formula is C63H49N3O13. The van der Waals surface area contributed by atoms with E-state index in [2.05, 4.69) is 5.32 Å². The van der Waals surface area contributed by atoms with Gasteiger partial charge in [-0.1, -0.05) is 48.5 Å². The van der Waals surface area contributed by atoms with Crippen molar-refractivity contribution in [3.05, 3.63) is 226 Å². The Morgan fingerprint density at radius 1 is 0.392 bits per heavy atom. The van der Waals surface area contributed by atoms with Crippen molar-refractivity contribution in [3.8, 4) is 28.4 Å². The van der Waals surface area contributed by atoms with Gasteiger partial charge in [-0.25, -0.2) is 24.2 Å². The summed E-state index contributed by atoms with van der Waals surface area (Å²) in [5.41, 5.74) is 6.50. The summed E-state index contributed by atoms with van der Waals surface area (Å²) in [5.74, 6) is -3.29. The van der Waals surface area contributed by atoms with Crippen molar-refractivity contribution in [1.82, 2.24) is 0 Å². The van der Waals surface area contributed by atoms with E-state index < -0.39 is 47.7 Å². The standard InChI is InChI=1S/C34H25NO7.C29H24N2O6/c1-20-21(2)32(38)35(31(20)37)28-13-7-25(8-14-28)33(39)41-29-15-9-23(10-16-29)24-11-17-30(18-12-24)42-34(40)27-6-4-5-26(19-27)22(3)36;1-17-18(2)28(35)31(27(17)34)23-11-7-19(8-12-23)25(32)16-26(33)20-5-4-6-21(15-20)29(36)37-24-13-9-22(30-3)10-14-24/h4-19H,1-3H3;4-15,30H,16H2,1-3H3. The lowest BCUT2D eigenvalue weighted by atomic mass is 10.00. The van der Waals surface area contributed by atoms with Gasteiger partial charge in [0.2, 0.25) is 0 Å². The quantitative estimate of drug-likeness (QED) is 0.0332. The highest BCUT2D eigenvalue weighted by Gasteiger charge is 2.36. The summed E-state index contributed by atoms with van der Waals surface area (Å²) >= 11 is 0. The molecule has 0 aliphatic carbocycles. The Morgan fingerprint density at radius 2 is 0.722 bits per heavy atom. The van der Waals surface area contributed by atoms with Crippen molar-refractivity contribution in [2.75, 3.05) is 22.2 Å². The SMILES string of the molecule is CC(=O)c1cccc(C(=O)Oc2ccc(-c3ccc(OC(=O)c4ccc(N5C(=O)C(C)=C(C)C5=O)cc4)cc3)cc2)c1.CNc1ccc(OC(=O)c2cccc(C(=O)CC(=O)c3ccc(N4C(=O)C(C)=C(C)C4=O)cc3)c2)cc1. The molecule has 2 aliphatic heterocycles. The molecule has 0 bridgehead atoms. The molecular weight excluding hydrogens is 1010 g/mol. The summed E-state index contributed by atoms with van der Waals surface area (Å²) in [6, 6.07) is 45.1. The molecule has 1 N–H and O–H groups in total. The molecule has 0 fully saturated rings. The molecule has 16 heteroatoms. The molecule has 2 heterocycles. The molecule has 2 aliphatic rings. The van der Waals surface area contributed by atoms with Crippen LogP contribution in [-0.4, -0.2) is 65.9 Å². The van der Waals surface area contributed by atoms with Crippen LogP contribution in [-0.2, 0) is 19.2 Å². The van der Waals surface area contributed by atoms with Gasteiger partial charge in [-0.2, -0.15) is 0 Å². The normalized spacial score (nSPS) is 13.0. The van der Waals surface area contributed by atoms with E-state index in [1.165, 1.54) is 79.7 Å². The van der Waals surface area contributed by atoms with E-state index in [1.54, 1.807) is 132 Å². The number of carbonyl (C=O) groups excluding carboxylic acids is 10. The number of benzene rings is 7. The maximum Gasteiger partial charge on any atom is 0.343 e. The summed E-state index contributed by atoms with van der Waals surface area (Å²) in [4.78, 5) is 126. The molecule has 0 saturated heterocycles. The molecule has 0 atom stereocenters. The summed E-state index contributed by atoms with van der Waals surface area (Å²) < 4.78 is 16.3. The van der Waals surface area contributed by atoms with E-state index in [4.69, 9.17) is 14.2 Å². The highest BCUT2D eigenvalue weighted by atomic mass is 16.5. The van der Waals surface area contributed by atoms with Crippen LogP contribution in [0.2, 0.25) is 0 Å². The van der Waals surface area contributed by atoms with E-state index in [0.29, 0.717) is 56.5 Å². The highest BCUT2D eigenvalue weighted by Crippen LogP contribution is 2.30. The Balaban J connectivity index is 0.000000210. The fraction of sp³-hybridized carbons (Fsp3) is 0.111.